The van der Waals surface area contributed by atoms with Crippen LogP contribution in [0.5, 0.6) is 5.75 Å². The number of phenolic OH excluding ortho intramolecular Hbond substituents is 1. The van der Waals surface area contributed by atoms with Crippen LogP contribution in [0.15, 0.2) is 59.7 Å². The molecule has 316 valence electrons. The van der Waals surface area contributed by atoms with Crippen molar-refractivity contribution in [3.05, 3.63) is 76.4 Å². The molecule has 1 aromatic carbocycles. The summed E-state index contributed by atoms with van der Waals surface area (Å²) in [6, 6.07) is 2.66. The Kier molecular flexibility index (Phi) is 10.7. The van der Waals surface area contributed by atoms with Crippen molar-refractivity contribution in [1.29, 1.82) is 0 Å². The molecule has 59 heavy (non-hydrogen) atoms. The molecule has 4 N–H and O–H groups in total. The maximum atomic E-state index is 14.3. The Morgan fingerprint density at radius 3 is 2.08 bits per heavy atom. The zero-order valence-electron chi connectivity index (χ0n) is 33.2. The second-order valence-corrected chi connectivity index (χ2v) is 16.8. The molecule has 3 fully saturated rings. The Bertz CT molecular complexity index is 2090. The van der Waals surface area contributed by atoms with Gasteiger partial charge in [0.1, 0.15) is 29.7 Å². The van der Waals surface area contributed by atoms with Crippen LogP contribution < -0.4 is 0 Å². The van der Waals surface area contributed by atoms with E-state index in [9.17, 15) is 44.4 Å². The summed E-state index contributed by atoms with van der Waals surface area (Å²) >= 11 is 0. The van der Waals surface area contributed by atoms with E-state index in [1.165, 1.54) is 36.4 Å². The van der Waals surface area contributed by atoms with Crippen LogP contribution >= 0.6 is 0 Å². The van der Waals surface area contributed by atoms with Crippen molar-refractivity contribution in [2.75, 3.05) is 0 Å². The molecule has 0 bridgehead atoms. The number of carbonyl (C=O) groups is 5. The monoisotopic (exact) mass is 820 g/mol. The molecule has 1 saturated carbocycles. The van der Waals surface area contributed by atoms with Crippen molar-refractivity contribution in [2.45, 2.75) is 151 Å². The summed E-state index contributed by atoms with van der Waals surface area (Å²) in [6.07, 6.45) is -0.317. The van der Waals surface area contributed by atoms with E-state index in [0.29, 0.717) is 12.8 Å². The van der Waals surface area contributed by atoms with E-state index in [2.05, 4.69) is 0 Å². The predicted molar refractivity (Wildman–Crippen MR) is 201 cm³/mol. The average Bonchev–Trinajstić information content (AvgIpc) is 3.16. The number of ether oxygens (including phenoxy) is 7. The lowest BCUT2D eigenvalue weighted by Crippen LogP contribution is -2.69. The number of aromatic hydroxyl groups is 1. The maximum absolute atomic E-state index is 14.3. The van der Waals surface area contributed by atoms with Gasteiger partial charge in [0.25, 0.3) is 0 Å². The number of hydrogen-bond donors (Lipinski definition) is 4. The van der Waals surface area contributed by atoms with E-state index >= 15 is 0 Å². The fourth-order valence-corrected chi connectivity index (χ4v) is 9.32. The number of carbonyl (C=O) groups excluding carboxylic acids is 5. The van der Waals surface area contributed by atoms with Gasteiger partial charge >= 0.3 is 0 Å². The van der Waals surface area contributed by atoms with Gasteiger partial charge in [0, 0.05) is 42.4 Å². The molecule has 16 heteroatoms. The van der Waals surface area contributed by atoms with Crippen molar-refractivity contribution < 1.29 is 77.6 Å². The Hall–Kier alpha value is -4.07. The van der Waals surface area contributed by atoms with Crippen molar-refractivity contribution in [3.63, 3.8) is 0 Å². The highest BCUT2D eigenvalue weighted by atomic mass is 16.7. The third kappa shape index (κ3) is 7.12. The molecule has 0 radical (unpaired) electrons. The first-order chi connectivity index (χ1) is 27.8. The number of aliphatic hydroxyl groups excluding tert-OH is 1. The van der Waals surface area contributed by atoms with E-state index in [1.54, 1.807) is 40.7 Å². The number of phenols is 1. The molecule has 4 aliphatic heterocycles. The summed E-state index contributed by atoms with van der Waals surface area (Å²) in [7, 11) is 0. The van der Waals surface area contributed by atoms with Crippen molar-refractivity contribution in [2.24, 2.45) is 0 Å². The number of benzene rings is 1. The van der Waals surface area contributed by atoms with E-state index in [-0.39, 0.29) is 46.7 Å². The lowest BCUT2D eigenvalue weighted by molar-refractivity contribution is -0.290. The fourth-order valence-electron chi connectivity index (χ4n) is 9.32. The molecular weight excluding hydrogens is 772 g/mol. The molecular formula is C43H48O16. The normalized spacial score (nSPS) is 42.2. The smallest absolute Gasteiger partial charge is 0.198 e. The standard InChI is InChI=1S/C43H48O16/c1-19-26(44)8-11-32(54-19)57-29-10-13-34(56-21(29)3)59-41(5)17-31(47)43(52)36-25(14-15-42(43,51)18-41)38(49)35-24(39(36)50)7-6-23(37(35)48)30-16-28(46)40(22(4)53-30)58-33-12-9-27(45)20(2)55-33/h6-9,11-12,14-15,19-22,28-30,32-34,40,46,48,51-52H,10,13,16-18H2,1-5H3/t19?,20?,21-,22?,28-,29?,30-,32+,33+,34+,40?,41+,42+,43+/m1/s1. The van der Waals surface area contributed by atoms with Gasteiger partial charge < -0.3 is 53.6 Å². The zero-order valence-corrected chi connectivity index (χ0v) is 33.2. The van der Waals surface area contributed by atoms with Gasteiger partial charge in [-0.25, -0.2) is 0 Å². The van der Waals surface area contributed by atoms with E-state index in [0.717, 1.165) is 6.08 Å². The Morgan fingerprint density at radius 2 is 1.46 bits per heavy atom. The SMILES string of the molecule is CC1O[C@@H](OC2C(C)O[C@@H](c3ccc4c(c3O)C(=O)C3=C(C4=O)[C@@]4(O)C(=O)C[C@](C)(O[C@H]5CCC(O[C@H]6C=CC(=O)C(C)O6)[C@@H](C)O5)C[C@@]4(O)C=C3)C[C@H]2O)C=CC1=O. The summed E-state index contributed by atoms with van der Waals surface area (Å²) < 4.78 is 41.7. The van der Waals surface area contributed by atoms with Gasteiger partial charge in [-0.2, -0.15) is 0 Å². The number of aliphatic hydroxyl groups is 3. The van der Waals surface area contributed by atoms with Crippen LogP contribution in [0.1, 0.15) is 99.1 Å². The Labute approximate surface area is 339 Å². The summed E-state index contributed by atoms with van der Waals surface area (Å²) in [5, 5.41) is 47.0. The Balaban J connectivity index is 0.969. The molecule has 0 aromatic heterocycles. The highest BCUT2D eigenvalue weighted by molar-refractivity contribution is 6.32. The number of Topliss-reactive ketones (excluding diaryl/α,β-unsaturated/α-hetero) is 3. The van der Waals surface area contributed by atoms with Gasteiger partial charge in [-0.15, -0.1) is 0 Å². The third-order valence-electron chi connectivity index (χ3n) is 12.4. The first-order valence-electron chi connectivity index (χ1n) is 19.9. The third-order valence-corrected chi connectivity index (χ3v) is 12.4. The zero-order chi connectivity index (χ0) is 42.3. The molecule has 8 rings (SSSR count). The van der Waals surface area contributed by atoms with Crippen LogP contribution in [0, 0.1) is 0 Å². The van der Waals surface area contributed by atoms with Gasteiger partial charge in [0.15, 0.2) is 53.4 Å². The first kappa shape index (κ1) is 41.7. The molecule has 2 saturated heterocycles. The largest absolute Gasteiger partial charge is 0.507 e. The minimum Gasteiger partial charge on any atom is -0.507 e. The van der Waals surface area contributed by atoms with Gasteiger partial charge in [-0.1, -0.05) is 12.1 Å². The highest BCUT2D eigenvalue weighted by Gasteiger charge is 2.67. The molecule has 1 aromatic rings. The molecule has 0 spiro atoms. The van der Waals surface area contributed by atoms with E-state index < -0.39 is 120 Å². The molecule has 16 nitrogen and oxygen atoms in total. The molecule has 7 aliphatic rings. The van der Waals surface area contributed by atoms with Gasteiger partial charge in [-0.3, -0.25) is 24.0 Å². The Morgan fingerprint density at radius 1 is 0.797 bits per heavy atom. The van der Waals surface area contributed by atoms with Crippen LogP contribution in [0.4, 0.5) is 0 Å². The fraction of sp³-hybridized carbons (Fsp3) is 0.558. The molecule has 4 heterocycles. The van der Waals surface area contributed by atoms with Gasteiger partial charge in [0.2, 0.25) is 0 Å². The summed E-state index contributed by atoms with van der Waals surface area (Å²) in [6.45, 7) is 8.27. The first-order valence-corrected chi connectivity index (χ1v) is 19.9. The van der Waals surface area contributed by atoms with E-state index in [1.807, 2.05) is 0 Å². The van der Waals surface area contributed by atoms with Crippen LogP contribution in [0.25, 0.3) is 0 Å². The average molecular weight is 821 g/mol. The quantitative estimate of drug-likeness (QED) is 0.310. The van der Waals surface area contributed by atoms with Crippen molar-refractivity contribution in [1.82, 2.24) is 0 Å². The molecule has 5 unspecified atom stereocenters. The molecule has 14 atom stereocenters. The van der Waals surface area contributed by atoms with Gasteiger partial charge in [-0.05, 0) is 77.5 Å². The summed E-state index contributed by atoms with van der Waals surface area (Å²) in [5.74, 6) is -3.67. The van der Waals surface area contributed by atoms with Crippen molar-refractivity contribution >= 4 is 28.9 Å². The number of rotatable bonds is 7. The second kappa shape index (κ2) is 15.1. The number of ketones is 5. The lowest BCUT2D eigenvalue weighted by Gasteiger charge is -2.53. The van der Waals surface area contributed by atoms with Crippen LogP contribution in [0.3, 0.4) is 0 Å². The van der Waals surface area contributed by atoms with Crippen molar-refractivity contribution in [3.8, 4) is 5.75 Å². The predicted octanol–water partition coefficient (Wildman–Crippen LogP) is 2.48. The van der Waals surface area contributed by atoms with E-state index in [4.69, 9.17) is 33.2 Å². The lowest BCUT2D eigenvalue weighted by atomic mass is 9.57. The summed E-state index contributed by atoms with van der Waals surface area (Å²) in [4.78, 5) is 66.2. The second-order valence-electron chi connectivity index (χ2n) is 16.8. The minimum atomic E-state index is -2.83. The molecule has 3 aliphatic carbocycles. The number of fused-ring (bicyclic) bond motifs is 3. The van der Waals surface area contributed by atoms with Crippen LogP contribution in [-0.4, -0.2) is 128 Å². The molecule has 0 amide bonds. The number of allylic oxidation sites excluding steroid dienone is 2. The van der Waals surface area contributed by atoms with Gasteiger partial charge in [0.05, 0.1) is 47.3 Å². The van der Waals surface area contributed by atoms with Crippen LogP contribution in [-0.2, 0) is 47.5 Å². The number of hydrogen-bond acceptors (Lipinski definition) is 16. The minimum absolute atomic E-state index is 0.0704. The maximum Gasteiger partial charge on any atom is 0.198 e. The topological polar surface area (TPSA) is 231 Å². The summed E-state index contributed by atoms with van der Waals surface area (Å²) in [5.41, 5.74) is -8.06. The van der Waals surface area contributed by atoms with Crippen LogP contribution in [0.2, 0.25) is 0 Å². The highest BCUT2D eigenvalue weighted by Crippen LogP contribution is 2.53.